The molecule has 0 unspecified atom stereocenters. The topological polar surface area (TPSA) is 67.9 Å². The predicted octanol–water partition coefficient (Wildman–Crippen LogP) is 6.02. The normalized spacial score (nSPS) is 14.5. The maximum atomic E-state index is 13.0. The number of para-hydroxylation sites is 1. The number of anilines is 1. The maximum absolute atomic E-state index is 13.0. The first kappa shape index (κ1) is 23.5. The van der Waals surface area contributed by atoms with Crippen molar-refractivity contribution in [1.29, 1.82) is 0 Å². The largest absolute Gasteiger partial charge is 0.493 e. The second kappa shape index (κ2) is 10.1. The van der Waals surface area contributed by atoms with Crippen LogP contribution in [0.25, 0.3) is 6.08 Å². The molecule has 0 atom stereocenters. The zero-order chi connectivity index (χ0) is 23.5. The molecule has 1 fully saturated rings. The van der Waals surface area contributed by atoms with Gasteiger partial charge in [-0.1, -0.05) is 72.1 Å². The van der Waals surface area contributed by atoms with Crippen LogP contribution in [0.2, 0.25) is 0 Å². The lowest BCUT2D eigenvalue weighted by Gasteiger charge is -2.15. The molecule has 168 valence electrons. The number of rotatable bonds is 6. The van der Waals surface area contributed by atoms with Crippen molar-refractivity contribution in [3.8, 4) is 11.5 Å². The number of nitrogens with one attached hydrogen (secondary N) is 1. The Balaban J connectivity index is 1.70. The summed E-state index contributed by atoms with van der Waals surface area (Å²) < 4.78 is 14.2. The van der Waals surface area contributed by atoms with Gasteiger partial charge in [-0.3, -0.25) is 15.0 Å². The van der Waals surface area contributed by atoms with Gasteiger partial charge in [0.1, 0.15) is 12.2 Å². The minimum absolute atomic E-state index is 0.00585. The van der Waals surface area contributed by atoms with Gasteiger partial charge in [-0.2, -0.15) is 0 Å². The van der Waals surface area contributed by atoms with Gasteiger partial charge in [0.05, 0.1) is 12.8 Å². The molecular formula is C24H17Br3N2O4. The molecule has 2 amide bonds. The first-order valence-electron chi connectivity index (χ1n) is 9.74. The number of methoxy groups -OCH3 is 1. The van der Waals surface area contributed by atoms with Gasteiger partial charge in [0.2, 0.25) is 0 Å². The van der Waals surface area contributed by atoms with Gasteiger partial charge in [-0.25, -0.2) is 5.01 Å². The fourth-order valence-corrected chi connectivity index (χ4v) is 4.88. The lowest BCUT2D eigenvalue weighted by atomic mass is 10.1. The highest BCUT2D eigenvalue weighted by Crippen LogP contribution is 2.38. The van der Waals surface area contributed by atoms with Gasteiger partial charge in [-0.15, -0.1) is 0 Å². The summed E-state index contributed by atoms with van der Waals surface area (Å²) >= 11 is 10.4. The third kappa shape index (κ3) is 5.15. The van der Waals surface area contributed by atoms with Gasteiger partial charge >= 0.3 is 0 Å². The lowest BCUT2D eigenvalue weighted by Crippen LogP contribution is -2.35. The second-order valence-corrected chi connectivity index (χ2v) is 9.71. The second-order valence-electron chi connectivity index (χ2n) is 7.03. The Labute approximate surface area is 215 Å². The third-order valence-corrected chi connectivity index (χ3v) is 6.55. The average Bonchev–Trinajstić information content (AvgIpc) is 3.08. The molecule has 1 aliphatic rings. The van der Waals surface area contributed by atoms with Crippen molar-refractivity contribution >= 4 is 71.4 Å². The fraction of sp³-hybridized carbons (Fsp3) is 0.0833. The maximum Gasteiger partial charge on any atom is 0.282 e. The van der Waals surface area contributed by atoms with Gasteiger partial charge in [0.25, 0.3) is 11.8 Å². The number of benzene rings is 3. The van der Waals surface area contributed by atoms with Gasteiger partial charge in [0, 0.05) is 24.5 Å². The molecule has 0 bridgehead atoms. The van der Waals surface area contributed by atoms with E-state index in [1.165, 1.54) is 18.2 Å². The molecule has 1 N–H and O–H groups in total. The number of halogens is 3. The smallest absolute Gasteiger partial charge is 0.282 e. The fourth-order valence-electron chi connectivity index (χ4n) is 3.26. The quantitative estimate of drug-likeness (QED) is 0.265. The van der Waals surface area contributed by atoms with Gasteiger partial charge in [-0.05, 0) is 42.5 Å². The summed E-state index contributed by atoms with van der Waals surface area (Å²) in [5.41, 5.74) is 4.63. The molecule has 0 aromatic heterocycles. The van der Waals surface area contributed by atoms with Crippen molar-refractivity contribution in [1.82, 2.24) is 5.43 Å². The van der Waals surface area contributed by atoms with E-state index in [4.69, 9.17) is 9.47 Å². The standard InChI is InChI=1S/C24H17Br3N2O4/c1-32-21-12-17(26)9-15(22(21)33-13-14-7-8-16(25)11-20(14)27)10-19-23(30)28-29(24(19)31)18-5-3-2-4-6-18/h2-12H,13H2,1H3,(H,28,30)/b19-10-. The molecule has 0 saturated carbocycles. The van der Waals surface area contributed by atoms with Crippen LogP contribution < -0.4 is 19.9 Å². The van der Waals surface area contributed by atoms with Crippen LogP contribution in [0.3, 0.4) is 0 Å². The van der Waals surface area contributed by atoms with Crippen molar-refractivity contribution in [2.24, 2.45) is 0 Å². The summed E-state index contributed by atoms with van der Waals surface area (Å²) in [6.45, 7) is 0.248. The van der Waals surface area contributed by atoms with Crippen molar-refractivity contribution in [2.45, 2.75) is 6.61 Å². The number of hydrogen-bond donors (Lipinski definition) is 1. The summed E-state index contributed by atoms with van der Waals surface area (Å²) in [6, 6.07) is 18.2. The molecule has 9 heteroatoms. The molecule has 6 nitrogen and oxygen atoms in total. The first-order valence-corrected chi connectivity index (χ1v) is 12.1. The highest BCUT2D eigenvalue weighted by atomic mass is 79.9. The number of hydrogen-bond acceptors (Lipinski definition) is 4. The molecule has 33 heavy (non-hydrogen) atoms. The number of carbonyl (C=O) groups excluding carboxylic acids is 2. The molecule has 1 heterocycles. The van der Waals surface area contributed by atoms with Gasteiger partial charge < -0.3 is 9.47 Å². The van der Waals surface area contributed by atoms with E-state index in [-0.39, 0.29) is 12.2 Å². The molecular weight excluding hydrogens is 620 g/mol. The third-order valence-electron chi connectivity index (χ3n) is 4.86. The van der Waals surface area contributed by atoms with E-state index in [1.54, 1.807) is 36.4 Å². The van der Waals surface area contributed by atoms with E-state index in [1.807, 2.05) is 24.3 Å². The van der Waals surface area contributed by atoms with Crippen molar-refractivity contribution in [3.05, 3.63) is 90.8 Å². The van der Waals surface area contributed by atoms with Crippen LogP contribution in [0, 0.1) is 0 Å². The van der Waals surface area contributed by atoms with Crippen LogP contribution in [-0.2, 0) is 16.2 Å². The molecule has 1 saturated heterocycles. The van der Waals surface area contributed by atoms with Crippen LogP contribution in [0.15, 0.2) is 79.7 Å². The number of hydrazine groups is 1. The Bertz CT molecular complexity index is 1260. The summed E-state index contributed by atoms with van der Waals surface area (Å²) in [7, 11) is 1.53. The number of amides is 2. The molecule has 3 aromatic carbocycles. The Morgan fingerprint density at radius 3 is 2.42 bits per heavy atom. The molecule has 0 spiro atoms. The van der Waals surface area contributed by atoms with E-state index in [2.05, 4.69) is 53.2 Å². The number of nitrogens with zero attached hydrogens (tertiary/aromatic N) is 1. The van der Waals surface area contributed by atoms with Gasteiger partial charge in [0.15, 0.2) is 11.5 Å². The molecule has 0 radical (unpaired) electrons. The predicted molar refractivity (Wildman–Crippen MR) is 137 cm³/mol. The highest BCUT2D eigenvalue weighted by Gasteiger charge is 2.34. The summed E-state index contributed by atoms with van der Waals surface area (Å²) in [6.07, 6.45) is 1.51. The Morgan fingerprint density at radius 1 is 0.970 bits per heavy atom. The van der Waals surface area contributed by atoms with Crippen LogP contribution in [0.1, 0.15) is 11.1 Å². The Morgan fingerprint density at radius 2 is 1.73 bits per heavy atom. The minimum atomic E-state index is -0.496. The first-order chi connectivity index (χ1) is 15.9. The molecule has 3 aromatic rings. The Hall–Kier alpha value is -2.62. The summed E-state index contributed by atoms with van der Waals surface area (Å²) in [5.74, 6) is -0.0619. The Kier molecular flexibility index (Phi) is 7.21. The van der Waals surface area contributed by atoms with E-state index in [0.717, 1.165) is 14.5 Å². The van der Waals surface area contributed by atoms with Crippen molar-refractivity contribution < 1.29 is 19.1 Å². The SMILES string of the molecule is COc1cc(Br)cc(/C=C2/C(=O)NN(c3ccccc3)C2=O)c1OCc1ccc(Br)cc1Br. The van der Waals surface area contributed by atoms with E-state index < -0.39 is 11.8 Å². The van der Waals surface area contributed by atoms with E-state index >= 15 is 0 Å². The summed E-state index contributed by atoms with van der Waals surface area (Å²) in [5, 5.41) is 1.23. The molecule has 1 aliphatic heterocycles. The minimum Gasteiger partial charge on any atom is -0.493 e. The number of ether oxygens (including phenoxy) is 2. The zero-order valence-corrected chi connectivity index (χ0v) is 22.0. The van der Waals surface area contributed by atoms with E-state index in [9.17, 15) is 9.59 Å². The highest BCUT2D eigenvalue weighted by molar-refractivity contribution is 9.11. The van der Waals surface area contributed by atoms with Crippen LogP contribution in [-0.4, -0.2) is 18.9 Å². The van der Waals surface area contributed by atoms with Crippen LogP contribution in [0.4, 0.5) is 5.69 Å². The zero-order valence-electron chi connectivity index (χ0n) is 17.3. The molecule has 4 rings (SSSR count). The molecule has 0 aliphatic carbocycles. The van der Waals surface area contributed by atoms with Crippen LogP contribution >= 0.6 is 47.8 Å². The average molecular weight is 637 g/mol. The monoisotopic (exact) mass is 634 g/mol. The van der Waals surface area contributed by atoms with Crippen molar-refractivity contribution in [2.75, 3.05) is 12.1 Å². The van der Waals surface area contributed by atoms with E-state index in [0.29, 0.717) is 27.2 Å². The number of carbonyl (C=O) groups is 2. The van der Waals surface area contributed by atoms with Crippen LogP contribution in [0.5, 0.6) is 11.5 Å². The summed E-state index contributed by atoms with van der Waals surface area (Å²) in [4.78, 5) is 25.7. The van der Waals surface area contributed by atoms with Crippen molar-refractivity contribution in [3.63, 3.8) is 0 Å². The lowest BCUT2D eigenvalue weighted by molar-refractivity contribution is -0.117.